The molecule has 0 unspecified atom stereocenters. The van der Waals surface area contributed by atoms with Gasteiger partial charge in [0.2, 0.25) is 5.78 Å². The van der Waals surface area contributed by atoms with Gasteiger partial charge in [-0.1, -0.05) is 0 Å². The maximum absolute atomic E-state index is 11.2. The Kier molecular flexibility index (Phi) is 3.42. The molecular weight excluding hydrogens is 170 g/mol. The van der Waals surface area contributed by atoms with E-state index in [1.54, 1.807) is 12.0 Å². The number of methoxy groups -OCH3 is 1. The summed E-state index contributed by atoms with van der Waals surface area (Å²) in [6, 6.07) is 0. The molecule has 0 aromatic heterocycles. The van der Waals surface area contributed by atoms with Crippen molar-refractivity contribution in [1.82, 2.24) is 4.90 Å². The fourth-order valence-electron chi connectivity index (χ4n) is 1.52. The number of rotatable bonds is 2. The molecule has 0 atom stereocenters. The first-order valence-electron chi connectivity index (χ1n) is 4.47. The number of hydrogen-bond acceptors (Lipinski definition) is 3. The van der Waals surface area contributed by atoms with Crippen LogP contribution in [0.5, 0.6) is 0 Å². The van der Waals surface area contributed by atoms with Crippen molar-refractivity contribution in [1.29, 1.82) is 0 Å². The van der Waals surface area contributed by atoms with E-state index in [1.807, 2.05) is 0 Å². The molecule has 1 rings (SSSR count). The minimum atomic E-state index is -0.379. The molecule has 1 heterocycles. The summed E-state index contributed by atoms with van der Waals surface area (Å²) >= 11 is 0. The molecule has 1 saturated heterocycles. The summed E-state index contributed by atoms with van der Waals surface area (Å²) in [7, 11) is 1.67. The Balaban J connectivity index is 2.41. The van der Waals surface area contributed by atoms with Gasteiger partial charge in [0.05, 0.1) is 6.10 Å². The van der Waals surface area contributed by atoms with Crippen LogP contribution in [-0.2, 0) is 14.3 Å². The Labute approximate surface area is 77.8 Å². The van der Waals surface area contributed by atoms with Crippen molar-refractivity contribution in [2.45, 2.75) is 25.9 Å². The SMILES string of the molecule is COC1CCN(C(=O)C(C)=O)CC1. The highest BCUT2D eigenvalue weighted by Crippen LogP contribution is 2.12. The summed E-state index contributed by atoms with van der Waals surface area (Å²) in [6.07, 6.45) is 1.90. The first-order chi connectivity index (χ1) is 6.15. The molecule has 0 spiro atoms. The van der Waals surface area contributed by atoms with Crippen LogP contribution in [0.4, 0.5) is 0 Å². The molecule has 1 aliphatic heterocycles. The Morgan fingerprint density at radius 2 is 1.85 bits per heavy atom. The topological polar surface area (TPSA) is 46.6 Å². The van der Waals surface area contributed by atoms with E-state index in [9.17, 15) is 9.59 Å². The third-order valence-corrected chi connectivity index (χ3v) is 2.36. The Bertz CT molecular complexity index is 207. The van der Waals surface area contributed by atoms with Gasteiger partial charge in [0.15, 0.2) is 0 Å². The molecule has 0 aromatic carbocycles. The van der Waals surface area contributed by atoms with Gasteiger partial charge in [-0.05, 0) is 12.8 Å². The molecule has 4 heteroatoms. The highest BCUT2D eigenvalue weighted by molar-refractivity contribution is 6.35. The number of Topliss-reactive ketones (excluding diaryl/α,β-unsaturated/α-hetero) is 1. The molecule has 1 fully saturated rings. The number of ketones is 1. The Hall–Kier alpha value is -0.900. The monoisotopic (exact) mass is 185 g/mol. The van der Waals surface area contributed by atoms with Crippen LogP contribution < -0.4 is 0 Å². The van der Waals surface area contributed by atoms with Crippen molar-refractivity contribution in [2.75, 3.05) is 20.2 Å². The van der Waals surface area contributed by atoms with E-state index in [0.29, 0.717) is 13.1 Å². The molecule has 0 radical (unpaired) electrons. The highest BCUT2D eigenvalue weighted by atomic mass is 16.5. The summed E-state index contributed by atoms with van der Waals surface area (Å²) in [4.78, 5) is 23.6. The molecule has 0 saturated carbocycles. The maximum Gasteiger partial charge on any atom is 0.289 e. The van der Waals surface area contributed by atoms with Crippen LogP contribution in [-0.4, -0.2) is 42.9 Å². The molecule has 0 aromatic rings. The molecule has 13 heavy (non-hydrogen) atoms. The van der Waals surface area contributed by atoms with Crippen molar-refractivity contribution in [2.24, 2.45) is 0 Å². The number of piperidine rings is 1. The zero-order valence-electron chi connectivity index (χ0n) is 8.08. The van der Waals surface area contributed by atoms with Crippen LogP contribution >= 0.6 is 0 Å². The summed E-state index contributed by atoms with van der Waals surface area (Å²) in [5, 5.41) is 0. The third-order valence-electron chi connectivity index (χ3n) is 2.36. The lowest BCUT2D eigenvalue weighted by Crippen LogP contribution is -2.43. The number of carbonyl (C=O) groups is 2. The third kappa shape index (κ3) is 2.52. The van der Waals surface area contributed by atoms with Crippen LogP contribution in [0.3, 0.4) is 0 Å². The second kappa shape index (κ2) is 4.37. The second-order valence-electron chi connectivity index (χ2n) is 3.28. The molecule has 0 bridgehead atoms. The number of amides is 1. The zero-order valence-corrected chi connectivity index (χ0v) is 8.08. The highest BCUT2D eigenvalue weighted by Gasteiger charge is 2.24. The van der Waals surface area contributed by atoms with Crippen LogP contribution in [0.2, 0.25) is 0 Å². The minimum absolute atomic E-state index is 0.246. The van der Waals surface area contributed by atoms with Crippen LogP contribution in [0, 0.1) is 0 Å². The van der Waals surface area contributed by atoms with E-state index in [4.69, 9.17) is 4.74 Å². The predicted octanol–water partition coefficient (Wildman–Crippen LogP) is 0.213. The lowest BCUT2D eigenvalue weighted by Gasteiger charge is -2.30. The van der Waals surface area contributed by atoms with Gasteiger partial charge in [0.25, 0.3) is 5.91 Å². The summed E-state index contributed by atoms with van der Waals surface area (Å²) in [6.45, 7) is 2.58. The van der Waals surface area contributed by atoms with Gasteiger partial charge < -0.3 is 9.64 Å². The molecule has 4 nitrogen and oxygen atoms in total. The van der Waals surface area contributed by atoms with Gasteiger partial charge in [0.1, 0.15) is 0 Å². The Morgan fingerprint density at radius 1 is 1.31 bits per heavy atom. The van der Waals surface area contributed by atoms with Gasteiger partial charge in [-0.2, -0.15) is 0 Å². The van der Waals surface area contributed by atoms with E-state index in [2.05, 4.69) is 0 Å². The van der Waals surface area contributed by atoms with E-state index < -0.39 is 0 Å². The van der Waals surface area contributed by atoms with Crippen LogP contribution in [0.1, 0.15) is 19.8 Å². The number of carbonyl (C=O) groups excluding carboxylic acids is 2. The lowest BCUT2D eigenvalue weighted by atomic mass is 10.1. The van der Waals surface area contributed by atoms with E-state index >= 15 is 0 Å². The lowest BCUT2D eigenvalue weighted by molar-refractivity contribution is -0.145. The minimum Gasteiger partial charge on any atom is -0.381 e. The first-order valence-corrected chi connectivity index (χ1v) is 4.47. The van der Waals surface area contributed by atoms with Crippen molar-refractivity contribution in [3.05, 3.63) is 0 Å². The molecular formula is C9H15NO3. The average molecular weight is 185 g/mol. The fraction of sp³-hybridized carbons (Fsp3) is 0.778. The fourth-order valence-corrected chi connectivity index (χ4v) is 1.52. The predicted molar refractivity (Wildman–Crippen MR) is 47.3 cm³/mol. The van der Waals surface area contributed by atoms with Gasteiger partial charge in [-0.25, -0.2) is 0 Å². The first kappa shape index (κ1) is 10.2. The smallest absolute Gasteiger partial charge is 0.289 e. The summed E-state index contributed by atoms with van der Waals surface area (Å²) < 4.78 is 5.16. The molecule has 0 N–H and O–H groups in total. The zero-order chi connectivity index (χ0) is 9.84. The van der Waals surface area contributed by atoms with Gasteiger partial charge >= 0.3 is 0 Å². The summed E-state index contributed by atoms with van der Waals surface area (Å²) in [5.74, 6) is -0.745. The summed E-state index contributed by atoms with van der Waals surface area (Å²) in [5.41, 5.74) is 0. The molecule has 74 valence electrons. The van der Waals surface area contributed by atoms with E-state index in [-0.39, 0.29) is 17.8 Å². The van der Waals surface area contributed by atoms with Crippen molar-refractivity contribution < 1.29 is 14.3 Å². The second-order valence-corrected chi connectivity index (χ2v) is 3.28. The van der Waals surface area contributed by atoms with Crippen LogP contribution in [0.15, 0.2) is 0 Å². The van der Waals surface area contributed by atoms with Gasteiger partial charge in [-0.3, -0.25) is 9.59 Å². The number of ether oxygens (including phenoxy) is 1. The van der Waals surface area contributed by atoms with E-state index in [0.717, 1.165) is 12.8 Å². The number of nitrogens with zero attached hydrogens (tertiary/aromatic N) is 1. The standard InChI is InChI=1S/C9H15NO3/c1-7(11)9(12)10-5-3-8(13-2)4-6-10/h8H,3-6H2,1-2H3. The molecule has 1 amide bonds. The Morgan fingerprint density at radius 3 is 2.23 bits per heavy atom. The van der Waals surface area contributed by atoms with Crippen molar-refractivity contribution in [3.63, 3.8) is 0 Å². The van der Waals surface area contributed by atoms with Crippen molar-refractivity contribution in [3.8, 4) is 0 Å². The quantitative estimate of drug-likeness (QED) is 0.578. The van der Waals surface area contributed by atoms with Gasteiger partial charge in [0, 0.05) is 27.1 Å². The van der Waals surface area contributed by atoms with Gasteiger partial charge in [-0.15, -0.1) is 0 Å². The van der Waals surface area contributed by atoms with Crippen LogP contribution in [0.25, 0.3) is 0 Å². The maximum atomic E-state index is 11.2. The van der Waals surface area contributed by atoms with Crippen molar-refractivity contribution >= 4 is 11.7 Å². The molecule has 0 aliphatic carbocycles. The largest absolute Gasteiger partial charge is 0.381 e. The van der Waals surface area contributed by atoms with E-state index in [1.165, 1.54) is 6.92 Å². The average Bonchev–Trinajstić information content (AvgIpc) is 2.17. The number of hydrogen-bond donors (Lipinski definition) is 0. The molecule has 1 aliphatic rings. The number of likely N-dealkylation sites (tertiary alicyclic amines) is 1. The normalized spacial score (nSPS) is 18.8.